The van der Waals surface area contributed by atoms with Crippen molar-refractivity contribution in [3.05, 3.63) is 50.4 Å². The van der Waals surface area contributed by atoms with Crippen LogP contribution in [-0.4, -0.2) is 8.42 Å². The van der Waals surface area contributed by atoms with E-state index in [0.717, 1.165) is 0 Å². The van der Waals surface area contributed by atoms with Crippen molar-refractivity contribution in [1.82, 2.24) is 0 Å². The lowest BCUT2D eigenvalue weighted by Crippen LogP contribution is -2.15. The Kier molecular flexibility index (Phi) is 4.80. The largest absolute Gasteiger partial charge is 0.398 e. The first-order valence-corrected chi connectivity index (χ1v) is 8.42. The first-order valence-electron chi connectivity index (χ1n) is 5.43. The van der Waals surface area contributed by atoms with E-state index in [9.17, 15) is 8.42 Å². The van der Waals surface area contributed by atoms with Crippen molar-refractivity contribution in [3.8, 4) is 0 Å². The van der Waals surface area contributed by atoms with Crippen LogP contribution in [0, 0.1) is 0 Å². The smallest absolute Gasteiger partial charge is 0.265 e. The summed E-state index contributed by atoms with van der Waals surface area (Å²) in [5.41, 5.74) is 5.86. The molecular formula is C12H8Cl4N2O2S. The van der Waals surface area contributed by atoms with Gasteiger partial charge in [0.2, 0.25) is 0 Å². The van der Waals surface area contributed by atoms with Crippen molar-refractivity contribution in [3.63, 3.8) is 0 Å². The molecule has 9 heteroatoms. The Labute approximate surface area is 141 Å². The van der Waals surface area contributed by atoms with Gasteiger partial charge in [-0.2, -0.15) is 0 Å². The number of anilines is 2. The topological polar surface area (TPSA) is 72.2 Å². The van der Waals surface area contributed by atoms with Gasteiger partial charge in [0.05, 0.1) is 26.4 Å². The van der Waals surface area contributed by atoms with Crippen molar-refractivity contribution in [2.75, 3.05) is 10.5 Å². The molecule has 112 valence electrons. The number of hydrogen-bond acceptors (Lipinski definition) is 3. The lowest BCUT2D eigenvalue weighted by atomic mass is 10.3. The van der Waals surface area contributed by atoms with Gasteiger partial charge in [0.1, 0.15) is 4.90 Å². The van der Waals surface area contributed by atoms with Gasteiger partial charge in [0.25, 0.3) is 10.0 Å². The van der Waals surface area contributed by atoms with Gasteiger partial charge in [-0.15, -0.1) is 0 Å². The van der Waals surface area contributed by atoms with Gasteiger partial charge in [0.15, 0.2) is 0 Å². The number of sulfonamides is 1. The molecule has 0 aliphatic carbocycles. The molecule has 0 unspecified atom stereocenters. The quantitative estimate of drug-likeness (QED) is 0.753. The van der Waals surface area contributed by atoms with Crippen molar-refractivity contribution < 1.29 is 8.42 Å². The molecule has 3 N–H and O–H groups in total. The van der Waals surface area contributed by atoms with E-state index in [1.165, 1.54) is 30.3 Å². The number of nitrogen functional groups attached to an aromatic ring is 1. The average molecular weight is 386 g/mol. The fourth-order valence-electron chi connectivity index (χ4n) is 1.63. The summed E-state index contributed by atoms with van der Waals surface area (Å²) < 4.78 is 27.0. The first kappa shape index (κ1) is 16.5. The van der Waals surface area contributed by atoms with Gasteiger partial charge in [-0.05, 0) is 30.3 Å². The standard InChI is InChI=1S/C12H8Cl4N2O2S/c13-6-3-10(16)12(11(17)4-6)21(19,20)18-7-1-2-8(14)9(15)5-7/h1-5,18H,17H2. The van der Waals surface area contributed by atoms with Crippen LogP contribution in [-0.2, 0) is 10.0 Å². The summed E-state index contributed by atoms with van der Waals surface area (Å²) in [4.78, 5) is -0.250. The van der Waals surface area contributed by atoms with Crippen LogP contribution in [0.5, 0.6) is 0 Å². The highest BCUT2D eigenvalue weighted by Crippen LogP contribution is 2.33. The molecule has 4 nitrogen and oxygen atoms in total. The normalized spacial score (nSPS) is 11.4. The maximum atomic E-state index is 12.4. The molecule has 0 aromatic heterocycles. The Morgan fingerprint density at radius 3 is 2.14 bits per heavy atom. The zero-order valence-electron chi connectivity index (χ0n) is 10.2. The number of halogens is 4. The molecule has 2 rings (SSSR count). The molecule has 0 heterocycles. The summed E-state index contributed by atoms with van der Waals surface area (Å²) in [7, 11) is -3.99. The van der Waals surface area contributed by atoms with Crippen molar-refractivity contribution >= 4 is 67.8 Å². The molecular weight excluding hydrogens is 378 g/mol. The average Bonchev–Trinajstić information content (AvgIpc) is 2.31. The van der Waals surface area contributed by atoms with Crippen LogP contribution in [0.4, 0.5) is 11.4 Å². The third-order valence-electron chi connectivity index (χ3n) is 2.48. The van der Waals surface area contributed by atoms with E-state index >= 15 is 0 Å². The second kappa shape index (κ2) is 6.10. The minimum atomic E-state index is -3.99. The summed E-state index contributed by atoms with van der Waals surface area (Å²) in [5, 5.41) is 0.689. The number of nitrogens with one attached hydrogen (secondary N) is 1. The molecule has 2 aromatic carbocycles. The van der Waals surface area contributed by atoms with Crippen LogP contribution in [0.3, 0.4) is 0 Å². The van der Waals surface area contributed by atoms with Crippen LogP contribution in [0.1, 0.15) is 0 Å². The van der Waals surface area contributed by atoms with E-state index in [1.807, 2.05) is 0 Å². The zero-order valence-corrected chi connectivity index (χ0v) is 14.0. The fraction of sp³-hybridized carbons (Fsp3) is 0. The minimum Gasteiger partial charge on any atom is -0.398 e. The highest BCUT2D eigenvalue weighted by Gasteiger charge is 2.22. The van der Waals surface area contributed by atoms with E-state index in [-0.39, 0.29) is 31.3 Å². The Balaban J connectivity index is 2.46. The Hall–Kier alpha value is -0.850. The van der Waals surface area contributed by atoms with Gasteiger partial charge >= 0.3 is 0 Å². The molecule has 0 atom stereocenters. The van der Waals surface area contributed by atoms with Gasteiger partial charge in [-0.25, -0.2) is 8.42 Å². The molecule has 0 radical (unpaired) electrons. The van der Waals surface area contributed by atoms with E-state index in [1.54, 1.807) is 0 Å². The zero-order chi connectivity index (χ0) is 15.8. The highest BCUT2D eigenvalue weighted by molar-refractivity contribution is 7.93. The van der Waals surface area contributed by atoms with E-state index in [0.29, 0.717) is 5.02 Å². The molecule has 21 heavy (non-hydrogen) atoms. The SMILES string of the molecule is Nc1cc(Cl)cc(Cl)c1S(=O)(=O)Nc1ccc(Cl)c(Cl)c1. The number of rotatable bonds is 3. The molecule has 0 bridgehead atoms. The lowest BCUT2D eigenvalue weighted by Gasteiger charge is -2.12. The Morgan fingerprint density at radius 2 is 1.57 bits per heavy atom. The summed E-state index contributed by atoms with van der Waals surface area (Å²) in [6, 6.07) is 6.90. The Morgan fingerprint density at radius 1 is 0.905 bits per heavy atom. The van der Waals surface area contributed by atoms with Crippen LogP contribution >= 0.6 is 46.4 Å². The van der Waals surface area contributed by atoms with Crippen LogP contribution < -0.4 is 10.5 Å². The highest BCUT2D eigenvalue weighted by atomic mass is 35.5. The molecule has 0 aliphatic heterocycles. The third kappa shape index (κ3) is 3.67. The predicted molar refractivity (Wildman–Crippen MR) is 88.1 cm³/mol. The number of benzene rings is 2. The molecule has 0 saturated heterocycles. The molecule has 0 aliphatic rings. The number of nitrogens with two attached hydrogens (primary N) is 1. The third-order valence-corrected chi connectivity index (χ3v) is 5.34. The van der Waals surface area contributed by atoms with Crippen LogP contribution in [0.15, 0.2) is 35.2 Å². The van der Waals surface area contributed by atoms with Crippen molar-refractivity contribution in [2.24, 2.45) is 0 Å². The summed E-state index contributed by atoms with van der Waals surface area (Å²) >= 11 is 23.3. The van der Waals surface area contributed by atoms with E-state index in [2.05, 4.69) is 4.72 Å². The fourth-order valence-corrected chi connectivity index (χ4v) is 3.97. The van der Waals surface area contributed by atoms with E-state index in [4.69, 9.17) is 52.1 Å². The summed E-state index contributed by atoms with van der Waals surface area (Å²) in [6.07, 6.45) is 0. The van der Waals surface area contributed by atoms with Gasteiger partial charge in [-0.1, -0.05) is 46.4 Å². The minimum absolute atomic E-state index is 0.0555. The first-order chi connectivity index (χ1) is 9.70. The van der Waals surface area contributed by atoms with Crippen LogP contribution in [0.25, 0.3) is 0 Å². The molecule has 0 saturated carbocycles. The van der Waals surface area contributed by atoms with Crippen LogP contribution in [0.2, 0.25) is 20.1 Å². The van der Waals surface area contributed by atoms with Gasteiger partial charge in [-0.3, -0.25) is 4.72 Å². The second-order valence-electron chi connectivity index (χ2n) is 4.04. The maximum Gasteiger partial charge on any atom is 0.265 e. The second-order valence-corrected chi connectivity index (χ2v) is 7.32. The van der Waals surface area contributed by atoms with E-state index < -0.39 is 10.0 Å². The molecule has 0 fully saturated rings. The monoisotopic (exact) mass is 384 g/mol. The Bertz CT molecular complexity index is 786. The van der Waals surface area contributed by atoms with Crippen molar-refractivity contribution in [1.29, 1.82) is 0 Å². The lowest BCUT2D eigenvalue weighted by molar-refractivity contribution is 0.601. The molecule has 0 amide bonds. The summed E-state index contributed by atoms with van der Waals surface area (Å²) in [6.45, 7) is 0. The van der Waals surface area contributed by atoms with Gasteiger partial charge < -0.3 is 5.73 Å². The molecule has 0 spiro atoms. The summed E-state index contributed by atoms with van der Waals surface area (Å²) in [5.74, 6) is 0. The van der Waals surface area contributed by atoms with Gasteiger partial charge in [0, 0.05) is 5.02 Å². The number of hydrogen-bond donors (Lipinski definition) is 2. The predicted octanol–water partition coefficient (Wildman–Crippen LogP) is 4.68. The molecule has 2 aromatic rings. The van der Waals surface area contributed by atoms with Crippen molar-refractivity contribution in [2.45, 2.75) is 4.90 Å². The maximum absolute atomic E-state index is 12.4.